The Kier molecular flexibility index (Phi) is 5.76. The molecule has 2 aromatic rings. The molecule has 1 aliphatic rings. The molecule has 2 N–H and O–H groups in total. The number of anilines is 1. The van der Waals surface area contributed by atoms with Gasteiger partial charge in [-0.3, -0.25) is 25.2 Å². The normalized spacial score (nSPS) is 16.3. The van der Waals surface area contributed by atoms with Crippen molar-refractivity contribution in [2.45, 2.75) is 19.8 Å². The minimum Gasteiger partial charge on any atom is -0.312 e. The highest BCUT2D eigenvalue weighted by Crippen LogP contribution is 2.25. The molecule has 1 fully saturated rings. The van der Waals surface area contributed by atoms with Crippen molar-refractivity contribution in [3.8, 4) is 0 Å². The Morgan fingerprint density at radius 3 is 2.48 bits per heavy atom. The smallest absolute Gasteiger partial charge is 0.271 e. The molecule has 0 aromatic heterocycles. The van der Waals surface area contributed by atoms with Gasteiger partial charge in [0.25, 0.3) is 5.91 Å². The molecule has 1 aliphatic heterocycles. The first-order valence-corrected chi connectivity index (χ1v) is 9.11. The van der Waals surface area contributed by atoms with Gasteiger partial charge in [0.15, 0.2) is 0 Å². The van der Waals surface area contributed by atoms with Gasteiger partial charge in [0.1, 0.15) is 0 Å². The van der Waals surface area contributed by atoms with Gasteiger partial charge in [-0.25, -0.2) is 0 Å². The Labute approximate surface area is 162 Å². The van der Waals surface area contributed by atoms with Gasteiger partial charge < -0.3 is 4.90 Å². The van der Waals surface area contributed by atoms with E-state index in [0.29, 0.717) is 5.02 Å². The Hall–Kier alpha value is -2.86. The summed E-state index contributed by atoms with van der Waals surface area (Å²) in [5.74, 6) is -1.56. The molecule has 0 aliphatic carbocycles. The Morgan fingerprint density at radius 2 is 1.81 bits per heavy atom. The van der Waals surface area contributed by atoms with Crippen LogP contribution in [-0.2, 0) is 16.0 Å². The molecular weight excluding hydrogens is 366 g/mol. The SMILES string of the molecule is CCc1ccc(N2C[C@H](C(=O)NNC(=O)c3ccccc3Cl)CC2=O)cc1. The summed E-state index contributed by atoms with van der Waals surface area (Å²) in [4.78, 5) is 38.3. The average molecular weight is 386 g/mol. The molecule has 0 radical (unpaired) electrons. The van der Waals surface area contributed by atoms with Crippen molar-refractivity contribution in [2.75, 3.05) is 11.4 Å². The van der Waals surface area contributed by atoms with Crippen LogP contribution in [0.2, 0.25) is 5.02 Å². The summed E-state index contributed by atoms with van der Waals surface area (Å²) in [5.41, 5.74) is 6.95. The van der Waals surface area contributed by atoms with Crippen molar-refractivity contribution in [1.82, 2.24) is 10.9 Å². The van der Waals surface area contributed by atoms with E-state index in [9.17, 15) is 14.4 Å². The minimum atomic E-state index is -0.533. The molecule has 7 heteroatoms. The highest BCUT2D eigenvalue weighted by atomic mass is 35.5. The fourth-order valence-corrected chi connectivity index (χ4v) is 3.20. The lowest BCUT2D eigenvalue weighted by Gasteiger charge is -2.17. The third kappa shape index (κ3) is 4.28. The first-order valence-electron chi connectivity index (χ1n) is 8.73. The van der Waals surface area contributed by atoms with E-state index < -0.39 is 17.7 Å². The lowest BCUT2D eigenvalue weighted by molar-refractivity contribution is -0.126. The maximum absolute atomic E-state index is 12.4. The number of rotatable bonds is 4. The van der Waals surface area contributed by atoms with Crippen LogP contribution in [0.15, 0.2) is 48.5 Å². The lowest BCUT2D eigenvalue weighted by atomic mass is 10.1. The second kappa shape index (κ2) is 8.22. The first-order chi connectivity index (χ1) is 13.0. The third-order valence-electron chi connectivity index (χ3n) is 4.57. The van der Waals surface area contributed by atoms with Crippen LogP contribution in [0.4, 0.5) is 5.69 Å². The molecule has 140 valence electrons. The zero-order valence-electron chi connectivity index (χ0n) is 14.9. The van der Waals surface area contributed by atoms with E-state index in [1.807, 2.05) is 24.3 Å². The Morgan fingerprint density at radius 1 is 1.11 bits per heavy atom. The third-order valence-corrected chi connectivity index (χ3v) is 4.90. The molecule has 2 aromatic carbocycles. The topological polar surface area (TPSA) is 78.5 Å². The molecular formula is C20H20ClN3O3. The average Bonchev–Trinajstić information content (AvgIpc) is 3.08. The van der Waals surface area contributed by atoms with Crippen molar-refractivity contribution in [2.24, 2.45) is 5.92 Å². The number of nitrogens with zero attached hydrogens (tertiary/aromatic N) is 1. The highest BCUT2D eigenvalue weighted by Gasteiger charge is 2.35. The van der Waals surface area contributed by atoms with E-state index >= 15 is 0 Å². The molecule has 1 heterocycles. The van der Waals surface area contributed by atoms with Gasteiger partial charge in [-0.15, -0.1) is 0 Å². The van der Waals surface area contributed by atoms with Gasteiger partial charge in [-0.2, -0.15) is 0 Å². The maximum atomic E-state index is 12.4. The van der Waals surface area contributed by atoms with Crippen LogP contribution in [0, 0.1) is 5.92 Å². The molecule has 0 bridgehead atoms. The van der Waals surface area contributed by atoms with Crippen LogP contribution in [0.25, 0.3) is 0 Å². The predicted molar refractivity (Wildman–Crippen MR) is 103 cm³/mol. The number of aryl methyl sites for hydroxylation is 1. The summed E-state index contributed by atoms with van der Waals surface area (Å²) in [6, 6.07) is 14.3. The fraction of sp³-hybridized carbons (Fsp3) is 0.250. The van der Waals surface area contributed by atoms with Crippen LogP contribution in [0.3, 0.4) is 0 Å². The maximum Gasteiger partial charge on any atom is 0.271 e. The van der Waals surface area contributed by atoms with Crippen molar-refractivity contribution in [3.63, 3.8) is 0 Å². The Bertz CT molecular complexity index is 867. The van der Waals surface area contributed by atoms with Gasteiger partial charge in [0, 0.05) is 18.7 Å². The zero-order chi connectivity index (χ0) is 19.4. The summed E-state index contributed by atoms with van der Waals surface area (Å²) in [5, 5.41) is 0.294. The number of carbonyl (C=O) groups is 3. The van der Waals surface area contributed by atoms with Crippen molar-refractivity contribution < 1.29 is 14.4 Å². The van der Waals surface area contributed by atoms with Crippen LogP contribution < -0.4 is 15.8 Å². The zero-order valence-corrected chi connectivity index (χ0v) is 15.6. The van der Waals surface area contributed by atoms with E-state index in [1.54, 1.807) is 29.2 Å². The van der Waals surface area contributed by atoms with Crippen molar-refractivity contribution in [1.29, 1.82) is 0 Å². The Balaban J connectivity index is 1.58. The van der Waals surface area contributed by atoms with Gasteiger partial charge in [0.05, 0.1) is 16.5 Å². The van der Waals surface area contributed by atoms with Crippen molar-refractivity contribution in [3.05, 3.63) is 64.7 Å². The van der Waals surface area contributed by atoms with E-state index in [4.69, 9.17) is 11.6 Å². The molecule has 1 saturated heterocycles. The molecule has 0 spiro atoms. The first kappa shape index (κ1) is 18.9. The number of carbonyl (C=O) groups excluding carboxylic acids is 3. The number of amides is 3. The van der Waals surface area contributed by atoms with E-state index in [2.05, 4.69) is 17.8 Å². The van der Waals surface area contributed by atoms with Crippen LogP contribution >= 0.6 is 11.6 Å². The lowest BCUT2D eigenvalue weighted by Crippen LogP contribution is -2.45. The second-order valence-corrected chi connectivity index (χ2v) is 6.76. The van der Waals surface area contributed by atoms with Gasteiger partial charge >= 0.3 is 0 Å². The van der Waals surface area contributed by atoms with Gasteiger partial charge in [-0.1, -0.05) is 42.8 Å². The predicted octanol–water partition coefficient (Wildman–Crippen LogP) is 2.72. The van der Waals surface area contributed by atoms with Gasteiger partial charge in [0.2, 0.25) is 11.8 Å². The number of hydrazine groups is 1. The number of hydrogen-bond donors (Lipinski definition) is 2. The molecule has 0 saturated carbocycles. The van der Waals surface area contributed by atoms with E-state index in [0.717, 1.165) is 12.1 Å². The molecule has 6 nitrogen and oxygen atoms in total. The van der Waals surface area contributed by atoms with Crippen LogP contribution in [0.1, 0.15) is 29.3 Å². The molecule has 3 amide bonds. The summed E-state index contributed by atoms with van der Waals surface area (Å²) in [6.45, 7) is 2.34. The quantitative estimate of drug-likeness (QED) is 0.794. The summed E-state index contributed by atoms with van der Waals surface area (Å²) < 4.78 is 0. The molecule has 27 heavy (non-hydrogen) atoms. The largest absolute Gasteiger partial charge is 0.312 e. The standard InChI is InChI=1S/C20H20ClN3O3/c1-2-13-7-9-15(10-8-13)24-12-14(11-18(24)25)19(26)22-23-20(27)16-5-3-4-6-17(16)21/h3-10,14H,2,11-12H2,1H3,(H,22,26)(H,23,27)/t14-/m1/s1. The molecule has 3 rings (SSSR count). The van der Waals surface area contributed by atoms with E-state index in [1.165, 1.54) is 5.56 Å². The number of benzene rings is 2. The monoisotopic (exact) mass is 385 g/mol. The van der Waals surface area contributed by atoms with Crippen LogP contribution in [-0.4, -0.2) is 24.3 Å². The minimum absolute atomic E-state index is 0.101. The van der Waals surface area contributed by atoms with Crippen molar-refractivity contribution >= 4 is 35.0 Å². The number of nitrogens with one attached hydrogen (secondary N) is 2. The fourth-order valence-electron chi connectivity index (χ4n) is 2.98. The molecule has 0 unspecified atom stereocenters. The molecule has 1 atom stereocenters. The summed E-state index contributed by atoms with van der Waals surface area (Å²) in [7, 11) is 0. The highest BCUT2D eigenvalue weighted by molar-refractivity contribution is 6.33. The van der Waals surface area contributed by atoms with Gasteiger partial charge in [-0.05, 0) is 36.2 Å². The summed E-state index contributed by atoms with van der Waals surface area (Å²) in [6.07, 6.45) is 1.02. The van der Waals surface area contributed by atoms with E-state index in [-0.39, 0.29) is 24.4 Å². The number of hydrogen-bond acceptors (Lipinski definition) is 3. The number of halogens is 1. The van der Waals surface area contributed by atoms with Crippen LogP contribution in [0.5, 0.6) is 0 Å². The summed E-state index contributed by atoms with van der Waals surface area (Å²) >= 11 is 5.96. The second-order valence-electron chi connectivity index (χ2n) is 6.35.